The smallest absolute Gasteiger partial charge is 0.190 e. The minimum Gasteiger partial charge on any atom is -0.451 e. The van der Waals surface area contributed by atoms with E-state index in [1.807, 2.05) is 54.6 Å². The maximum absolute atomic E-state index is 6.60. The summed E-state index contributed by atoms with van der Waals surface area (Å²) >= 11 is 14.6. The van der Waals surface area contributed by atoms with Crippen LogP contribution < -0.4 is 4.90 Å². The molecule has 0 bridgehead atoms. The Bertz CT molecular complexity index is 1260. The van der Waals surface area contributed by atoms with Gasteiger partial charge >= 0.3 is 0 Å². The van der Waals surface area contributed by atoms with Gasteiger partial charge in [0.15, 0.2) is 4.90 Å². The number of anilines is 3. The Kier molecular flexibility index (Phi) is 4.09. The first-order chi connectivity index (χ1) is 13.2. The minimum absolute atomic E-state index is 0.511. The average molecular weight is 410 g/mol. The molecular weight excluding hydrogens is 397 g/mol. The van der Waals surface area contributed by atoms with E-state index in [4.69, 9.17) is 27.6 Å². The Hall–Kier alpha value is -2.46. The third-order valence-electron chi connectivity index (χ3n) is 4.52. The van der Waals surface area contributed by atoms with E-state index in [1.54, 1.807) is 23.7 Å². The van der Waals surface area contributed by atoms with Crippen molar-refractivity contribution in [3.8, 4) is 0 Å². The van der Waals surface area contributed by atoms with Crippen LogP contribution in [-0.2, 0) is 0 Å². The predicted molar refractivity (Wildman–Crippen MR) is 116 cm³/mol. The molecule has 132 valence electrons. The second-order valence-electron chi connectivity index (χ2n) is 6.13. The second kappa shape index (κ2) is 6.61. The lowest BCUT2D eigenvalue weighted by Gasteiger charge is -2.25. The molecule has 0 saturated carbocycles. The van der Waals surface area contributed by atoms with Crippen LogP contribution in [0.1, 0.15) is 0 Å². The second-order valence-corrected chi connectivity index (χ2v) is 7.93. The van der Waals surface area contributed by atoms with Crippen LogP contribution in [0, 0.1) is 0 Å². The number of rotatable bonds is 3. The molecule has 0 spiro atoms. The van der Waals surface area contributed by atoms with Crippen LogP contribution in [-0.4, -0.2) is 0 Å². The van der Waals surface area contributed by atoms with E-state index in [1.165, 1.54) is 10.1 Å². The molecule has 5 heteroatoms. The van der Waals surface area contributed by atoms with Gasteiger partial charge in [-0.15, -0.1) is 0 Å². The summed E-state index contributed by atoms with van der Waals surface area (Å²) in [6, 6.07) is 24.1. The molecule has 0 N–H and O–H groups in total. The minimum atomic E-state index is 0.511. The lowest BCUT2D eigenvalue weighted by atomic mass is 10.1. The van der Waals surface area contributed by atoms with Gasteiger partial charge < -0.3 is 9.32 Å². The molecule has 0 aliphatic heterocycles. The van der Waals surface area contributed by atoms with Crippen LogP contribution in [0.25, 0.3) is 20.4 Å². The summed E-state index contributed by atoms with van der Waals surface area (Å²) in [5, 5.41) is 3.28. The zero-order valence-corrected chi connectivity index (χ0v) is 16.4. The Balaban J connectivity index is 1.84. The predicted octanol–water partition coefficient (Wildman–Crippen LogP) is 8.42. The summed E-state index contributed by atoms with van der Waals surface area (Å²) in [6.07, 6.45) is 1.79. The summed E-state index contributed by atoms with van der Waals surface area (Å²) < 4.78 is 7.12. The van der Waals surface area contributed by atoms with Gasteiger partial charge in [0.25, 0.3) is 0 Å². The van der Waals surface area contributed by atoms with Crippen molar-refractivity contribution in [2.24, 2.45) is 0 Å². The third kappa shape index (κ3) is 2.71. The molecule has 0 aliphatic rings. The van der Waals surface area contributed by atoms with E-state index in [0.29, 0.717) is 10.0 Å². The summed E-state index contributed by atoms with van der Waals surface area (Å²) in [7, 11) is 0. The van der Waals surface area contributed by atoms with Crippen LogP contribution in [0.2, 0.25) is 10.0 Å². The van der Waals surface area contributed by atoms with E-state index in [0.717, 1.165) is 27.3 Å². The molecule has 0 unspecified atom stereocenters. The zero-order valence-electron chi connectivity index (χ0n) is 14.0. The topological polar surface area (TPSA) is 16.4 Å². The molecule has 2 nitrogen and oxygen atoms in total. The van der Waals surface area contributed by atoms with Crippen molar-refractivity contribution in [3.05, 3.63) is 89.1 Å². The van der Waals surface area contributed by atoms with Gasteiger partial charge in [-0.1, -0.05) is 77.0 Å². The first-order valence-electron chi connectivity index (χ1n) is 8.42. The van der Waals surface area contributed by atoms with E-state index in [-0.39, 0.29) is 0 Å². The first kappa shape index (κ1) is 16.7. The van der Waals surface area contributed by atoms with E-state index in [9.17, 15) is 0 Å². The molecule has 0 saturated heterocycles. The Morgan fingerprint density at radius 2 is 1.56 bits per heavy atom. The SMILES string of the molecule is Clc1cccc(N(c2ccccc2)c2coc3sc4ccccc4c23)c1Cl. The third-order valence-corrected chi connectivity index (χ3v) is 6.39. The van der Waals surface area contributed by atoms with Crippen LogP contribution in [0.5, 0.6) is 0 Å². The van der Waals surface area contributed by atoms with Crippen LogP contribution >= 0.6 is 34.5 Å². The number of para-hydroxylation sites is 1. The molecule has 5 aromatic rings. The van der Waals surface area contributed by atoms with E-state index >= 15 is 0 Å². The summed E-state index contributed by atoms with van der Waals surface area (Å²) in [5.41, 5.74) is 2.74. The highest BCUT2D eigenvalue weighted by molar-refractivity contribution is 7.25. The van der Waals surface area contributed by atoms with Crippen molar-refractivity contribution in [1.29, 1.82) is 0 Å². The van der Waals surface area contributed by atoms with Crippen LogP contribution in [0.3, 0.4) is 0 Å². The van der Waals surface area contributed by atoms with Crippen molar-refractivity contribution in [2.45, 2.75) is 0 Å². The van der Waals surface area contributed by atoms with Gasteiger partial charge in [-0.05, 0) is 30.3 Å². The molecule has 0 aliphatic carbocycles. The molecule has 0 atom stereocenters. The van der Waals surface area contributed by atoms with Crippen molar-refractivity contribution < 1.29 is 4.42 Å². The Morgan fingerprint density at radius 3 is 2.41 bits per heavy atom. The van der Waals surface area contributed by atoms with Crippen LogP contribution in [0.4, 0.5) is 17.1 Å². The fourth-order valence-electron chi connectivity index (χ4n) is 3.33. The summed E-state index contributed by atoms with van der Waals surface area (Å²) in [5.74, 6) is 0. The summed E-state index contributed by atoms with van der Waals surface area (Å²) in [6.45, 7) is 0. The van der Waals surface area contributed by atoms with Gasteiger partial charge in [-0.25, -0.2) is 0 Å². The number of halogens is 2. The van der Waals surface area contributed by atoms with Crippen molar-refractivity contribution in [3.63, 3.8) is 0 Å². The average Bonchev–Trinajstić information content (AvgIpc) is 3.26. The van der Waals surface area contributed by atoms with Crippen molar-refractivity contribution in [2.75, 3.05) is 4.90 Å². The molecule has 27 heavy (non-hydrogen) atoms. The lowest BCUT2D eigenvalue weighted by molar-refractivity contribution is 0.624. The molecule has 2 aromatic heterocycles. The molecule has 0 amide bonds. The van der Waals surface area contributed by atoms with Crippen molar-refractivity contribution >= 4 is 72.0 Å². The van der Waals surface area contributed by atoms with Gasteiger partial charge in [0, 0.05) is 15.8 Å². The van der Waals surface area contributed by atoms with E-state index < -0.39 is 0 Å². The lowest BCUT2D eigenvalue weighted by Crippen LogP contribution is -2.10. The summed E-state index contributed by atoms with van der Waals surface area (Å²) in [4.78, 5) is 2.99. The number of fused-ring (bicyclic) bond motifs is 3. The quantitative estimate of drug-likeness (QED) is 0.297. The number of furan rings is 1. The number of hydrogen-bond acceptors (Lipinski definition) is 3. The highest BCUT2D eigenvalue weighted by Gasteiger charge is 2.23. The largest absolute Gasteiger partial charge is 0.451 e. The van der Waals surface area contributed by atoms with E-state index in [2.05, 4.69) is 17.0 Å². The Morgan fingerprint density at radius 1 is 0.778 bits per heavy atom. The Labute approximate surface area is 170 Å². The first-order valence-corrected chi connectivity index (χ1v) is 9.99. The maximum Gasteiger partial charge on any atom is 0.190 e. The van der Waals surface area contributed by atoms with Gasteiger partial charge in [0.2, 0.25) is 0 Å². The zero-order chi connectivity index (χ0) is 18.4. The fourth-order valence-corrected chi connectivity index (χ4v) is 4.75. The molecule has 3 aromatic carbocycles. The molecular formula is C22H13Cl2NOS. The highest BCUT2D eigenvalue weighted by Crippen LogP contribution is 2.48. The fraction of sp³-hybridized carbons (Fsp3) is 0. The van der Waals surface area contributed by atoms with Crippen molar-refractivity contribution in [1.82, 2.24) is 0 Å². The number of nitrogens with zero attached hydrogens (tertiary/aromatic N) is 1. The van der Waals surface area contributed by atoms with Gasteiger partial charge in [0.1, 0.15) is 6.26 Å². The molecule has 2 heterocycles. The number of thiophene rings is 1. The standard InChI is InChI=1S/C22H13Cl2NOS/c23-16-10-6-11-17(21(16)24)25(14-7-2-1-3-8-14)18-13-26-22-20(18)15-9-4-5-12-19(15)27-22/h1-13H. The van der Waals surface area contributed by atoms with Crippen LogP contribution in [0.15, 0.2) is 83.5 Å². The monoisotopic (exact) mass is 409 g/mol. The molecule has 5 rings (SSSR count). The highest BCUT2D eigenvalue weighted by atomic mass is 35.5. The van der Waals surface area contributed by atoms with Gasteiger partial charge in [-0.3, -0.25) is 0 Å². The molecule has 0 fully saturated rings. The van der Waals surface area contributed by atoms with Gasteiger partial charge in [0.05, 0.1) is 26.8 Å². The normalized spacial score (nSPS) is 11.3. The molecule has 0 radical (unpaired) electrons. The van der Waals surface area contributed by atoms with Gasteiger partial charge in [-0.2, -0.15) is 0 Å². The number of hydrogen-bond donors (Lipinski definition) is 0. The number of benzene rings is 3. The maximum atomic E-state index is 6.60.